The predicted octanol–water partition coefficient (Wildman–Crippen LogP) is 6.87. The predicted molar refractivity (Wildman–Crippen MR) is 177 cm³/mol. The number of carbonyl (C=O) groups excluding carboxylic acids is 3. The smallest absolute Gasteiger partial charge is 0.421 e. The summed E-state index contributed by atoms with van der Waals surface area (Å²) in [6, 6.07) is 23.1. The minimum Gasteiger partial charge on any atom is -0.496 e. The van der Waals surface area contributed by atoms with Crippen molar-refractivity contribution in [3.05, 3.63) is 107 Å². The van der Waals surface area contributed by atoms with Gasteiger partial charge in [0.05, 0.1) is 48.6 Å². The molecule has 2 unspecified atom stereocenters. The first-order chi connectivity index (χ1) is 22.8. The molecule has 10 nitrogen and oxygen atoms in total. The van der Waals surface area contributed by atoms with Gasteiger partial charge in [0.15, 0.2) is 23.3 Å². The van der Waals surface area contributed by atoms with Crippen LogP contribution in [0.15, 0.2) is 84.9 Å². The van der Waals surface area contributed by atoms with Crippen molar-refractivity contribution >= 4 is 24.9 Å². The fourth-order valence-electron chi connectivity index (χ4n) is 5.54. The van der Waals surface area contributed by atoms with E-state index in [0.29, 0.717) is 5.56 Å². The molecular weight excluding hydrogens is 623 g/mol. The van der Waals surface area contributed by atoms with Crippen LogP contribution in [0.3, 0.4) is 0 Å². The van der Waals surface area contributed by atoms with E-state index in [-0.39, 0.29) is 57.3 Å². The number of methoxy groups -OCH3 is 6. The van der Waals surface area contributed by atoms with Crippen molar-refractivity contribution in [3.8, 4) is 34.5 Å². The minimum atomic E-state index is -2.77. The van der Waals surface area contributed by atoms with E-state index in [0.717, 1.165) is 0 Å². The molecule has 4 aromatic rings. The van der Waals surface area contributed by atoms with Crippen LogP contribution in [-0.4, -0.2) is 65.9 Å². The van der Waals surface area contributed by atoms with E-state index in [4.69, 9.17) is 28.4 Å². The third kappa shape index (κ3) is 7.13. The largest absolute Gasteiger partial charge is 0.496 e. The lowest BCUT2D eigenvalue weighted by molar-refractivity contribution is 0.0780. The molecule has 0 aliphatic heterocycles. The molecular formula is C36H36O10P+. The number of rotatable bonds is 16. The highest BCUT2D eigenvalue weighted by molar-refractivity contribution is 7.64. The molecule has 2 atom stereocenters. The lowest BCUT2D eigenvalue weighted by Crippen LogP contribution is -2.33. The highest BCUT2D eigenvalue weighted by atomic mass is 31.1. The monoisotopic (exact) mass is 659 g/mol. The molecule has 0 radical (unpaired) electrons. The summed E-state index contributed by atoms with van der Waals surface area (Å²) in [5.41, 5.74) is -0.224. The van der Waals surface area contributed by atoms with Gasteiger partial charge in [-0.25, -0.2) is 4.79 Å². The maximum absolute atomic E-state index is 14.9. The Morgan fingerprint density at radius 2 is 0.851 bits per heavy atom. The van der Waals surface area contributed by atoms with Gasteiger partial charge >= 0.3 is 13.3 Å². The van der Waals surface area contributed by atoms with Gasteiger partial charge in [-0.1, -0.05) is 53.1 Å². The van der Waals surface area contributed by atoms with E-state index in [1.807, 2.05) is 0 Å². The topological polar surface area (TPSA) is 124 Å². The zero-order valence-corrected chi connectivity index (χ0v) is 27.9. The lowest BCUT2D eigenvalue weighted by Gasteiger charge is -2.25. The second-order valence-corrected chi connectivity index (χ2v) is 11.7. The zero-order valence-electron chi connectivity index (χ0n) is 27.0. The van der Waals surface area contributed by atoms with Gasteiger partial charge in [-0.3, -0.25) is 9.59 Å². The molecule has 0 saturated heterocycles. The van der Waals surface area contributed by atoms with Crippen LogP contribution < -0.4 is 28.4 Å². The summed E-state index contributed by atoms with van der Waals surface area (Å²) in [5.74, 6) is -2.92. The van der Waals surface area contributed by atoms with Crippen LogP contribution in [0.5, 0.6) is 34.5 Å². The van der Waals surface area contributed by atoms with Crippen LogP contribution in [0.4, 0.5) is 0 Å². The number of hydrogen-bond donors (Lipinski definition) is 0. The SMILES string of the molecule is COc1cccc(OC)c1C(=O)C(C(=O)c1c(OC)cccc1OC)C(C[P+](=O)C(=O)c1c(OC)cccc1OC)c1ccccc1. The average molecular weight is 660 g/mol. The first-order valence-electron chi connectivity index (χ1n) is 14.5. The van der Waals surface area contributed by atoms with Crippen molar-refractivity contribution < 1.29 is 47.4 Å². The first-order valence-corrected chi connectivity index (χ1v) is 16.0. The molecule has 11 heteroatoms. The molecule has 0 saturated carbocycles. The highest BCUT2D eigenvalue weighted by Crippen LogP contribution is 2.46. The van der Waals surface area contributed by atoms with Crippen LogP contribution in [-0.2, 0) is 4.57 Å². The maximum atomic E-state index is 14.9. The number of Topliss-reactive ketones (excluding diaryl/α,β-unsaturated/α-hetero) is 2. The fourth-order valence-corrected chi connectivity index (χ4v) is 6.95. The molecule has 0 aliphatic rings. The molecule has 0 aliphatic carbocycles. The van der Waals surface area contributed by atoms with E-state index >= 15 is 0 Å². The summed E-state index contributed by atoms with van der Waals surface area (Å²) in [6.45, 7) is 0. The Morgan fingerprint density at radius 3 is 1.19 bits per heavy atom. The van der Waals surface area contributed by atoms with Gasteiger partial charge in [-0.2, -0.15) is 0 Å². The quantitative estimate of drug-likeness (QED) is 0.0715. The van der Waals surface area contributed by atoms with Crippen LogP contribution in [0.2, 0.25) is 0 Å². The Labute approximate surface area is 274 Å². The standard InChI is InChI=1S/C36H36O10P/c1-41-24-15-10-16-25(42-2)31(24)34(37)30(35(38)32-26(43-3)17-11-18-27(32)44-4)23(22-13-8-7-9-14-22)21-47(40)36(39)33-28(45-5)19-12-20-29(33)46-6/h7-20,23,30H,21H2,1-6H3/q+1. The molecule has 0 heterocycles. The third-order valence-electron chi connectivity index (χ3n) is 7.77. The second-order valence-electron chi connectivity index (χ2n) is 10.2. The summed E-state index contributed by atoms with van der Waals surface area (Å²) in [4.78, 5) is 43.6. The normalized spacial score (nSPS) is 11.7. The van der Waals surface area contributed by atoms with E-state index < -0.39 is 36.7 Å². The molecule has 0 fully saturated rings. The number of hydrogen-bond acceptors (Lipinski definition) is 10. The number of benzene rings is 4. The van der Waals surface area contributed by atoms with Crippen LogP contribution >= 0.6 is 7.80 Å². The van der Waals surface area contributed by atoms with Crippen LogP contribution in [0.1, 0.15) is 42.6 Å². The van der Waals surface area contributed by atoms with E-state index in [9.17, 15) is 18.9 Å². The van der Waals surface area contributed by atoms with Crippen molar-refractivity contribution in [1.29, 1.82) is 0 Å². The Balaban J connectivity index is 1.97. The van der Waals surface area contributed by atoms with Crippen LogP contribution in [0, 0.1) is 5.92 Å². The molecule has 47 heavy (non-hydrogen) atoms. The molecule has 4 aromatic carbocycles. The second kappa shape index (κ2) is 15.9. The fraction of sp³-hybridized carbons (Fsp3) is 0.250. The maximum Gasteiger partial charge on any atom is 0.421 e. The average Bonchev–Trinajstić information content (AvgIpc) is 3.12. The summed E-state index contributed by atoms with van der Waals surface area (Å²) in [5, 5.41) is 0. The summed E-state index contributed by atoms with van der Waals surface area (Å²) >= 11 is 0. The van der Waals surface area contributed by atoms with Gasteiger partial charge in [0, 0.05) is 5.92 Å². The third-order valence-corrected chi connectivity index (χ3v) is 9.18. The molecule has 4 rings (SSSR count). The van der Waals surface area contributed by atoms with Gasteiger partial charge in [-0.15, -0.1) is 0 Å². The molecule has 0 N–H and O–H groups in total. The first kappa shape index (κ1) is 34.7. The number of carbonyl (C=O) groups is 3. The van der Waals surface area contributed by atoms with Gasteiger partial charge in [0.25, 0.3) is 0 Å². The van der Waals surface area contributed by atoms with Gasteiger partial charge in [-0.05, 0) is 42.0 Å². The summed E-state index contributed by atoms with van der Waals surface area (Å²) in [6.07, 6.45) is -0.379. The summed E-state index contributed by atoms with van der Waals surface area (Å²) in [7, 11) is 5.61. The Morgan fingerprint density at radius 1 is 0.511 bits per heavy atom. The lowest BCUT2D eigenvalue weighted by atomic mass is 9.77. The van der Waals surface area contributed by atoms with Gasteiger partial charge in [0.2, 0.25) is 0 Å². The molecule has 0 spiro atoms. The van der Waals surface area contributed by atoms with E-state index in [1.54, 1.807) is 84.9 Å². The highest BCUT2D eigenvalue weighted by Gasteiger charge is 2.47. The minimum absolute atomic E-state index is 0.00239. The van der Waals surface area contributed by atoms with Gasteiger partial charge < -0.3 is 28.4 Å². The molecule has 244 valence electrons. The Bertz CT molecular complexity index is 1640. The number of ketones is 2. The van der Waals surface area contributed by atoms with Crippen molar-refractivity contribution in [2.45, 2.75) is 5.92 Å². The van der Waals surface area contributed by atoms with Gasteiger partial charge in [0.1, 0.15) is 45.6 Å². The van der Waals surface area contributed by atoms with Crippen molar-refractivity contribution in [3.63, 3.8) is 0 Å². The molecule has 0 amide bonds. The Hall–Kier alpha value is -5.21. The van der Waals surface area contributed by atoms with E-state index in [1.165, 1.54) is 42.7 Å². The zero-order chi connectivity index (χ0) is 34.1. The van der Waals surface area contributed by atoms with Crippen molar-refractivity contribution in [2.24, 2.45) is 5.92 Å². The summed E-state index contributed by atoms with van der Waals surface area (Å²) < 4.78 is 47.1. The van der Waals surface area contributed by atoms with Crippen LogP contribution in [0.25, 0.3) is 0 Å². The Kier molecular flexibility index (Phi) is 11.7. The molecule has 0 aromatic heterocycles. The van der Waals surface area contributed by atoms with Crippen molar-refractivity contribution in [2.75, 3.05) is 48.8 Å². The molecule has 0 bridgehead atoms. The van der Waals surface area contributed by atoms with Crippen molar-refractivity contribution in [1.82, 2.24) is 0 Å². The number of ether oxygens (including phenoxy) is 6. The van der Waals surface area contributed by atoms with E-state index in [2.05, 4.69) is 0 Å².